The van der Waals surface area contributed by atoms with Gasteiger partial charge < -0.3 is 15.2 Å². The van der Waals surface area contributed by atoms with Gasteiger partial charge in [0.2, 0.25) is 0 Å². The number of carboxylic acids is 1. The third-order valence-electron chi connectivity index (χ3n) is 3.59. The van der Waals surface area contributed by atoms with Gasteiger partial charge in [-0.1, -0.05) is 18.2 Å². The molecule has 122 valence electrons. The van der Waals surface area contributed by atoms with Gasteiger partial charge in [0, 0.05) is 6.54 Å². The minimum atomic E-state index is -0.914. The number of para-hydroxylation sites is 1. The molecule has 0 radical (unpaired) electrons. The van der Waals surface area contributed by atoms with Crippen molar-refractivity contribution in [3.8, 4) is 5.75 Å². The van der Waals surface area contributed by atoms with Gasteiger partial charge in [-0.3, -0.25) is 0 Å². The fraction of sp³-hybridized carbons (Fsp3) is 0.316. The second-order valence-electron chi connectivity index (χ2n) is 5.75. The van der Waals surface area contributed by atoms with Gasteiger partial charge in [-0.05, 0) is 62.1 Å². The summed E-state index contributed by atoms with van der Waals surface area (Å²) in [6.07, 6.45) is 0.792. The molecule has 4 nitrogen and oxygen atoms in total. The summed E-state index contributed by atoms with van der Waals surface area (Å²) in [6.45, 7) is 7.25. The highest BCUT2D eigenvalue weighted by molar-refractivity contribution is 5.95. The zero-order valence-corrected chi connectivity index (χ0v) is 13.8. The minimum absolute atomic E-state index is 0.306. The van der Waals surface area contributed by atoms with Crippen molar-refractivity contribution >= 4 is 11.7 Å². The lowest BCUT2D eigenvalue weighted by Gasteiger charge is -2.13. The molecule has 0 unspecified atom stereocenters. The molecule has 2 aromatic carbocycles. The van der Waals surface area contributed by atoms with Crippen LogP contribution in [0.5, 0.6) is 5.75 Å². The molecule has 2 aromatic rings. The molecule has 2 N–H and O–H groups in total. The van der Waals surface area contributed by atoms with E-state index in [0.29, 0.717) is 24.4 Å². The van der Waals surface area contributed by atoms with E-state index in [4.69, 9.17) is 4.74 Å². The van der Waals surface area contributed by atoms with E-state index in [1.807, 2.05) is 39.0 Å². The van der Waals surface area contributed by atoms with Crippen molar-refractivity contribution in [3.63, 3.8) is 0 Å². The van der Waals surface area contributed by atoms with Crippen molar-refractivity contribution in [2.45, 2.75) is 27.2 Å². The Kier molecular flexibility index (Phi) is 5.63. The van der Waals surface area contributed by atoms with E-state index >= 15 is 0 Å². The summed E-state index contributed by atoms with van der Waals surface area (Å²) in [5.41, 5.74) is 4.29. The van der Waals surface area contributed by atoms with Crippen LogP contribution in [0, 0.1) is 20.8 Å². The lowest BCUT2D eigenvalue weighted by atomic mass is 10.1. The third-order valence-corrected chi connectivity index (χ3v) is 3.59. The molecule has 0 atom stereocenters. The Bertz CT molecular complexity index is 675. The maximum absolute atomic E-state index is 11.2. The number of carboxylic acid groups (broad SMARTS) is 1. The Hall–Kier alpha value is -2.49. The number of hydrogen-bond donors (Lipinski definition) is 2. The van der Waals surface area contributed by atoms with E-state index in [2.05, 4.69) is 11.4 Å². The van der Waals surface area contributed by atoms with Crippen molar-refractivity contribution in [3.05, 3.63) is 58.7 Å². The van der Waals surface area contributed by atoms with Crippen LogP contribution < -0.4 is 10.1 Å². The minimum Gasteiger partial charge on any atom is -0.494 e. The number of anilines is 1. The van der Waals surface area contributed by atoms with Gasteiger partial charge in [0.25, 0.3) is 0 Å². The smallest absolute Gasteiger partial charge is 0.337 e. The van der Waals surface area contributed by atoms with Crippen molar-refractivity contribution in [2.24, 2.45) is 0 Å². The number of nitrogens with one attached hydrogen (secondary N) is 1. The Morgan fingerprint density at radius 3 is 2.48 bits per heavy atom. The summed E-state index contributed by atoms with van der Waals surface area (Å²) in [7, 11) is 0. The second kappa shape index (κ2) is 7.68. The van der Waals surface area contributed by atoms with E-state index in [1.165, 1.54) is 11.1 Å². The monoisotopic (exact) mass is 313 g/mol. The molecule has 0 aromatic heterocycles. The summed E-state index contributed by atoms with van der Waals surface area (Å²) >= 11 is 0. The second-order valence-corrected chi connectivity index (χ2v) is 5.75. The molecule has 0 heterocycles. The number of carbonyl (C=O) groups is 1. The van der Waals surface area contributed by atoms with Crippen LogP contribution in [0.3, 0.4) is 0 Å². The lowest BCUT2D eigenvalue weighted by Crippen LogP contribution is -2.11. The molecular formula is C19H23NO3. The number of ether oxygens (including phenoxy) is 1. The van der Waals surface area contributed by atoms with Crippen molar-refractivity contribution in [2.75, 3.05) is 18.5 Å². The molecule has 0 bridgehead atoms. The Morgan fingerprint density at radius 1 is 1.13 bits per heavy atom. The van der Waals surface area contributed by atoms with E-state index in [-0.39, 0.29) is 0 Å². The van der Waals surface area contributed by atoms with Crippen LogP contribution in [0.4, 0.5) is 5.69 Å². The number of aryl methyl sites for hydroxylation is 3. The van der Waals surface area contributed by atoms with Gasteiger partial charge in [-0.15, -0.1) is 0 Å². The Morgan fingerprint density at radius 2 is 1.83 bits per heavy atom. The molecular weight excluding hydrogens is 290 g/mol. The predicted molar refractivity (Wildman–Crippen MR) is 92.7 cm³/mol. The largest absolute Gasteiger partial charge is 0.494 e. The summed E-state index contributed by atoms with van der Waals surface area (Å²) in [4.78, 5) is 11.2. The first-order valence-electron chi connectivity index (χ1n) is 7.75. The molecule has 0 saturated heterocycles. The van der Waals surface area contributed by atoms with Crippen LogP contribution in [-0.2, 0) is 0 Å². The number of benzene rings is 2. The van der Waals surface area contributed by atoms with Gasteiger partial charge >= 0.3 is 5.97 Å². The van der Waals surface area contributed by atoms with Crippen LogP contribution in [0.25, 0.3) is 0 Å². The zero-order valence-electron chi connectivity index (χ0n) is 13.8. The van der Waals surface area contributed by atoms with Gasteiger partial charge in [-0.25, -0.2) is 4.79 Å². The highest BCUT2D eigenvalue weighted by Crippen LogP contribution is 2.20. The fourth-order valence-electron chi connectivity index (χ4n) is 2.57. The van der Waals surface area contributed by atoms with E-state index < -0.39 is 5.97 Å². The molecule has 0 aliphatic rings. The highest BCUT2D eigenvalue weighted by Gasteiger charge is 2.11. The molecule has 0 aliphatic heterocycles. The Labute approximate surface area is 137 Å². The summed E-state index contributed by atoms with van der Waals surface area (Å²) in [6, 6.07) is 11.4. The molecule has 0 spiro atoms. The zero-order chi connectivity index (χ0) is 16.8. The summed E-state index contributed by atoms with van der Waals surface area (Å²) in [5, 5.41) is 12.4. The quantitative estimate of drug-likeness (QED) is 0.752. The SMILES string of the molecule is Cc1cc(C)cc(OCCCNc2c(C)cccc2C(=O)O)c1. The highest BCUT2D eigenvalue weighted by atomic mass is 16.5. The summed E-state index contributed by atoms with van der Waals surface area (Å²) < 4.78 is 5.76. The van der Waals surface area contributed by atoms with Crippen LogP contribution in [0.1, 0.15) is 33.5 Å². The molecule has 23 heavy (non-hydrogen) atoms. The molecule has 2 rings (SSSR count). The van der Waals surface area contributed by atoms with Crippen LogP contribution in [0.15, 0.2) is 36.4 Å². The molecule has 0 aliphatic carbocycles. The summed E-state index contributed by atoms with van der Waals surface area (Å²) in [5.74, 6) is -0.0349. The maximum Gasteiger partial charge on any atom is 0.337 e. The van der Waals surface area contributed by atoms with Crippen molar-refractivity contribution < 1.29 is 14.6 Å². The lowest BCUT2D eigenvalue weighted by molar-refractivity contribution is 0.0698. The number of hydrogen-bond acceptors (Lipinski definition) is 3. The average Bonchev–Trinajstić information content (AvgIpc) is 2.47. The van der Waals surface area contributed by atoms with Crippen molar-refractivity contribution in [1.29, 1.82) is 0 Å². The topological polar surface area (TPSA) is 58.6 Å². The first-order valence-corrected chi connectivity index (χ1v) is 7.75. The maximum atomic E-state index is 11.2. The fourth-order valence-corrected chi connectivity index (χ4v) is 2.57. The van der Waals surface area contributed by atoms with Crippen LogP contribution in [0.2, 0.25) is 0 Å². The van der Waals surface area contributed by atoms with Gasteiger partial charge in [-0.2, -0.15) is 0 Å². The third kappa shape index (κ3) is 4.74. The van der Waals surface area contributed by atoms with E-state index in [0.717, 1.165) is 17.7 Å². The molecule has 0 amide bonds. The standard InChI is InChI=1S/C19H23NO3/c1-13-10-14(2)12-16(11-13)23-9-5-8-20-18-15(3)6-4-7-17(18)19(21)22/h4,6-7,10-12,20H,5,8-9H2,1-3H3,(H,21,22). The van der Waals surface area contributed by atoms with E-state index in [1.54, 1.807) is 12.1 Å². The van der Waals surface area contributed by atoms with Crippen LogP contribution >= 0.6 is 0 Å². The van der Waals surface area contributed by atoms with Crippen molar-refractivity contribution in [1.82, 2.24) is 0 Å². The van der Waals surface area contributed by atoms with E-state index in [9.17, 15) is 9.90 Å². The Balaban J connectivity index is 1.85. The van der Waals surface area contributed by atoms with Gasteiger partial charge in [0.15, 0.2) is 0 Å². The number of aromatic carboxylic acids is 1. The normalized spacial score (nSPS) is 10.4. The predicted octanol–water partition coefficient (Wildman–Crippen LogP) is 4.19. The van der Waals surface area contributed by atoms with Gasteiger partial charge in [0.05, 0.1) is 17.9 Å². The first kappa shape index (κ1) is 16.9. The molecule has 0 saturated carbocycles. The first-order chi connectivity index (χ1) is 11.0. The average molecular weight is 313 g/mol. The molecule has 4 heteroatoms. The molecule has 0 fully saturated rings. The number of rotatable bonds is 7. The van der Waals surface area contributed by atoms with Crippen LogP contribution in [-0.4, -0.2) is 24.2 Å². The van der Waals surface area contributed by atoms with Gasteiger partial charge in [0.1, 0.15) is 5.75 Å².